The number of anilines is 1. The van der Waals surface area contributed by atoms with Crippen LogP contribution in [0.15, 0.2) is 42.5 Å². The summed E-state index contributed by atoms with van der Waals surface area (Å²) in [5.74, 6) is -0.987. The second kappa shape index (κ2) is 11.8. The Morgan fingerprint density at radius 1 is 1.00 bits per heavy atom. The monoisotopic (exact) mass is 483 g/mol. The van der Waals surface area contributed by atoms with Crippen molar-refractivity contribution in [2.45, 2.75) is 66.2 Å². The molecule has 3 N–H and O–H groups in total. The molecular formula is C27H37N3O5. The van der Waals surface area contributed by atoms with E-state index in [9.17, 15) is 19.5 Å². The number of amides is 3. The quantitative estimate of drug-likeness (QED) is 0.526. The fraction of sp³-hybridized carbons (Fsp3) is 0.444. The van der Waals surface area contributed by atoms with E-state index < -0.39 is 42.2 Å². The molecule has 0 aliphatic carbocycles. The molecule has 8 heteroatoms. The second-order valence-electron chi connectivity index (χ2n) is 9.57. The summed E-state index contributed by atoms with van der Waals surface area (Å²) >= 11 is 0. The molecule has 0 aliphatic heterocycles. The van der Waals surface area contributed by atoms with Gasteiger partial charge in [0, 0.05) is 12.2 Å². The third kappa shape index (κ3) is 7.55. The third-order valence-corrected chi connectivity index (χ3v) is 5.48. The van der Waals surface area contributed by atoms with Crippen molar-refractivity contribution < 1.29 is 24.2 Å². The lowest BCUT2D eigenvalue weighted by Crippen LogP contribution is -2.53. The molecule has 190 valence electrons. The number of para-hydroxylation sites is 1. The Morgan fingerprint density at radius 3 is 2.06 bits per heavy atom. The maximum absolute atomic E-state index is 13.6. The van der Waals surface area contributed by atoms with Crippen LogP contribution in [-0.2, 0) is 14.3 Å². The molecule has 35 heavy (non-hydrogen) atoms. The van der Waals surface area contributed by atoms with Crippen LogP contribution in [0.5, 0.6) is 0 Å². The lowest BCUT2D eigenvalue weighted by atomic mass is 10.0. The molecule has 0 aromatic heterocycles. The summed E-state index contributed by atoms with van der Waals surface area (Å²) in [5.41, 5.74) is 3.34. The normalized spacial score (nSPS) is 12.9. The zero-order chi connectivity index (χ0) is 26.3. The van der Waals surface area contributed by atoms with Crippen LogP contribution < -0.4 is 10.6 Å². The SMILES string of the molecule is CCN(C(=O)C(CO)NC(=O)OC(C)(C)C)C(C(=O)Nc1c(C)cccc1C)c1ccc(C)cc1. The molecule has 0 saturated carbocycles. The molecule has 0 fully saturated rings. The number of rotatable bonds is 8. The third-order valence-electron chi connectivity index (χ3n) is 5.48. The van der Waals surface area contributed by atoms with Gasteiger partial charge in [-0.3, -0.25) is 9.59 Å². The molecule has 2 unspecified atom stereocenters. The molecule has 2 rings (SSSR count). The van der Waals surface area contributed by atoms with E-state index in [0.29, 0.717) is 11.3 Å². The first-order valence-corrected chi connectivity index (χ1v) is 11.7. The minimum absolute atomic E-state index is 0.171. The number of nitrogens with one attached hydrogen (secondary N) is 2. The smallest absolute Gasteiger partial charge is 0.408 e. The van der Waals surface area contributed by atoms with Crippen molar-refractivity contribution in [1.29, 1.82) is 0 Å². The zero-order valence-corrected chi connectivity index (χ0v) is 21.6. The van der Waals surface area contributed by atoms with E-state index in [0.717, 1.165) is 16.7 Å². The molecule has 2 aromatic carbocycles. The van der Waals surface area contributed by atoms with Crippen LogP contribution in [0.25, 0.3) is 0 Å². The van der Waals surface area contributed by atoms with Crippen LogP contribution in [0.1, 0.15) is 56.0 Å². The summed E-state index contributed by atoms with van der Waals surface area (Å²) in [6, 6.07) is 10.8. The van der Waals surface area contributed by atoms with Gasteiger partial charge < -0.3 is 25.4 Å². The number of carbonyl (C=O) groups excluding carboxylic acids is 3. The second-order valence-corrected chi connectivity index (χ2v) is 9.57. The van der Waals surface area contributed by atoms with E-state index in [1.165, 1.54) is 4.90 Å². The lowest BCUT2D eigenvalue weighted by molar-refractivity contribution is -0.141. The van der Waals surface area contributed by atoms with Crippen LogP contribution in [0.2, 0.25) is 0 Å². The van der Waals surface area contributed by atoms with Crippen molar-refractivity contribution in [3.63, 3.8) is 0 Å². The van der Waals surface area contributed by atoms with Crippen molar-refractivity contribution in [1.82, 2.24) is 10.2 Å². The van der Waals surface area contributed by atoms with Gasteiger partial charge in [0.05, 0.1) is 6.61 Å². The molecule has 2 aromatic rings. The Balaban J connectivity index is 2.42. The first kappa shape index (κ1) is 27.9. The van der Waals surface area contributed by atoms with E-state index in [-0.39, 0.29) is 6.54 Å². The molecule has 8 nitrogen and oxygen atoms in total. The first-order valence-electron chi connectivity index (χ1n) is 11.7. The van der Waals surface area contributed by atoms with Gasteiger partial charge in [0.15, 0.2) is 0 Å². The Morgan fingerprint density at radius 2 is 1.57 bits per heavy atom. The standard InChI is InChI=1S/C27H37N3O5/c1-8-30(25(33)21(16-31)28-26(34)35-27(5,6)7)23(20-14-12-17(2)13-15-20)24(32)29-22-18(3)10-9-11-19(22)4/h9-15,21,23,31H,8,16H2,1-7H3,(H,28,34)(H,29,32). The van der Waals surface area contributed by atoms with Crippen molar-refractivity contribution in [3.8, 4) is 0 Å². The van der Waals surface area contributed by atoms with Gasteiger partial charge in [-0.25, -0.2) is 4.79 Å². The number of hydrogen-bond acceptors (Lipinski definition) is 5. The minimum atomic E-state index is -1.27. The Labute approximate surface area is 207 Å². The molecular weight excluding hydrogens is 446 g/mol. The average Bonchev–Trinajstić information content (AvgIpc) is 2.77. The fourth-order valence-corrected chi connectivity index (χ4v) is 3.73. The van der Waals surface area contributed by atoms with E-state index in [2.05, 4.69) is 10.6 Å². The van der Waals surface area contributed by atoms with Crippen molar-refractivity contribution in [3.05, 3.63) is 64.7 Å². The van der Waals surface area contributed by atoms with E-state index in [1.54, 1.807) is 39.8 Å². The molecule has 0 spiro atoms. The summed E-state index contributed by atoms with van der Waals surface area (Å²) in [6.07, 6.45) is -0.826. The highest BCUT2D eigenvalue weighted by Gasteiger charge is 2.35. The van der Waals surface area contributed by atoms with E-state index >= 15 is 0 Å². The Kier molecular flexibility index (Phi) is 9.42. The largest absolute Gasteiger partial charge is 0.444 e. The number of benzene rings is 2. The van der Waals surface area contributed by atoms with Gasteiger partial charge in [-0.1, -0.05) is 48.0 Å². The van der Waals surface area contributed by atoms with Crippen molar-refractivity contribution in [2.24, 2.45) is 0 Å². The number of carbonyl (C=O) groups is 3. The number of aliphatic hydroxyl groups excluding tert-OH is 1. The number of ether oxygens (including phenoxy) is 1. The van der Waals surface area contributed by atoms with Gasteiger partial charge in [0.2, 0.25) is 5.91 Å². The van der Waals surface area contributed by atoms with E-state index in [1.807, 2.05) is 51.1 Å². The van der Waals surface area contributed by atoms with Crippen LogP contribution in [0.3, 0.4) is 0 Å². The Hall–Kier alpha value is -3.39. The number of aliphatic hydroxyl groups is 1. The summed E-state index contributed by atoms with van der Waals surface area (Å²) < 4.78 is 5.23. The van der Waals surface area contributed by atoms with E-state index in [4.69, 9.17) is 4.74 Å². The predicted molar refractivity (Wildman–Crippen MR) is 136 cm³/mol. The van der Waals surface area contributed by atoms with Gasteiger partial charge in [0.25, 0.3) is 5.91 Å². The number of likely N-dealkylation sites (N-methyl/N-ethyl adjacent to an activating group) is 1. The highest BCUT2D eigenvalue weighted by molar-refractivity contribution is 5.99. The minimum Gasteiger partial charge on any atom is -0.444 e. The van der Waals surface area contributed by atoms with Gasteiger partial charge in [0.1, 0.15) is 17.7 Å². The lowest BCUT2D eigenvalue weighted by Gasteiger charge is -2.33. The predicted octanol–water partition coefficient (Wildman–Crippen LogP) is 4.03. The summed E-state index contributed by atoms with van der Waals surface area (Å²) in [5, 5.41) is 15.3. The van der Waals surface area contributed by atoms with Gasteiger partial charge in [-0.15, -0.1) is 0 Å². The highest BCUT2D eigenvalue weighted by atomic mass is 16.6. The first-order chi connectivity index (χ1) is 16.4. The number of nitrogens with zero attached hydrogens (tertiary/aromatic N) is 1. The van der Waals surface area contributed by atoms with Crippen LogP contribution in [-0.4, -0.2) is 52.7 Å². The molecule has 0 saturated heterocycles. The van der Waals surface area contributed by atoms with Gasteiger partial charge in [-0.05, 0) is 65.2 Å². The van der Waals surface area contributed by atoms with Gasteiger partial charge in [-0.2, -0.15) is 0 Å². The molecule has 0 radical (unpaired) electrons. The molecule has 2 atom stereocenters. The molecule has 3 amide bonds. The fourth-order valence-electron chi connectivity index (χ4n) is 3.73. The molecule has 0 bridgehead atoms. The zero-order valence-electron chi connectivity index (χ0n) is 21.6. The number of aryl methyl sites for hydroxylation is 3. The molecule has 0 aliphatic rings. The van der Waals surface area contributed by atoms with Gasteiger partial charge >= 0.3 is 6.09 Å². The Bertz CT molecular complexity index is 1020. The summed E-state index contributed by atoms with van der Waals surface area (Å²) in [4.78, 5) is 40.8. The maximum atomic E-state index is 13.6. The summed E-state index contributed by atoms with van der Waals surface area (Å²) in [6.45, 7) is 12.1. The maximum Gasteiger partial charge on any atom is 0.408 e. The van der Waals surface area contributed by atoms with Crippen LogP contribution in [0, 0.1) is 20.8 Å². The van der Waals surface area contributed by atoms with Crippen LogP contribution >= 0.6 is 0 Å². The summed E-state index contributed by atoms with van der Waals surface area (Å²) in [7, 11) is 0. The van der Waals surface area contributed by atoms with Crippen molar-refractivity contribution in [2.75, 3.05) is 18.5 Å². The topological polar surface area (TPSA) is 108 Å². The number of alkyl carbamates (subject to hydrolysis) is 1. The highest BCUT2D eigenvalue weighted by Crippen LogP contribution is 2.27. The van der Waals surface area contributed by atoms with Crippen molar-refractivity contribution >= 4 is 23.6 Å². The van der Waals surface area contributed by atoms with Crippen LogP contribution in [0.4, 0.5) is 10.5 Å². The number of hydrogen-bond donors (Lipinski definition) is 3. The molecule has 0 heterocycles. The average molecular weight is 484 g/mol.